The van der Waals surface area contributed by atoms with Crippen molar-refractivity contribution in [2.75, 3.05) is 25.1 Å². The highest BCUT2D eigenvalue weighted by atomic mass is 79.9. The Kier molecular flexibility index (Phi) is 4.90. The smallest absolute Gasteiger partial charge is 0.253 e. The van der Waals surface area contributed by atoms with E-state index in [1.165, 1.54) is 0 Å². The molecule has 0 bridgehead atoms. The lowest BCUT2D eigenvalue weighted by Gasteiger charge is -2.32. The van der Waals surface area contributed by atoms with Crippen LogP contribution in [0.4, 0.5) is 5.69 Å². The molecule has 1 aromatic carbocycles. The minimum absolute atomic E-state index is 0.0768. The van der Waals surface area contributed by atoms with E-state index in [1.54, 1.807) is 23.1 Å². The molecule has 0 atom stereocenters. The van der Waals surface area contributed by atoms with Crippen LogP contribution in [0.2, 0.25) is 0 Å². The van der Waals surface area contributed by atoms with Crippen molar-refractivity contribution in [3.8, 4) is 0 Å². The van der Waals surface area contributed by atoms with E-state index in [2.05, 4.69) is 20.7 Å². The molecule has 1 heterocycles. The predicted octanol–water partition coefficient (Wildman–Crippen LogP) is 1.19. The Morgan fingerprint density at radius 3 is 2.52 bits per heavy atom. The number of benzene rings is 1. The monoisotopic (exact) mass is 375 g/mol. The molecular weight excluding hydrogens is 358 g/mol. The first-order valence-corrected chi connectivity index (χ1v) is 9.26. The molecule has 6 nitrogen and oxygen atoms in total. The maximum atomic E-state index is 12.4. The van der Waals surface area contributed by atoms with Crippen LogP contribution in [0.15, 0.2) is 22.7 Å². The lowest BCUT2D eigenvalue weighted by Crippen LogP contribution is -2.46. The molecule has 0 saturated carbocycles. The van der Waals surface area contributed by atoms with Crippen LogP contribution >= 0.6 is 15.9 Å². The highest BCUT2D eigenvalue weighted by Gasteiger charge is 2.25. The van der Waals surface area contributed by atoms with Crippen molar-refractivity contribution >= 4 is 37.5 Å². The van der Waals surface area contributed by atoms with Gasteiger partial charge in [-0.15, -0.1) is 0 Å². The first kappa shape index (κ1) is 16.3. The molecule has 21 heavy (non-hydrogen) atoms. The average Bonchev–Trinajstić information content (AvgIpc) is 2.40. The first-order valence-electron chi connectivity index (χ1n) is 6.58. The summed E-state index contributed by atoms with van der Waals surface area (Å²) in [6.45, 7) is 1.06. The number of sulfonamides is 1. The standard InChI is InChI=1S/C13H18BrN3O3S/c1-21(19,20)16-10-4-6-17(7-5-10)13(18)9-2-3-11(14)12(15)8-9/h2-3,8,10,16H,4-7,15H2,1H3. The van der Waals surface area contributed by atoms with Crippen LogP contribution in [0.3, 0.4) is 0 Å². The molecule has 1 saturated heterocycles. The lowest BCUT2D eigenvalue weighted by atomic mass is 10.0. The fourth-order valence-corrected chi connectivity index (χ4v) is 3.45. The number of nitrogens with two attached hydrogens (primary N) is 1. The van der Waals surface area contributed by atoms with E-state index in [-0.39, 0.29) is 11.9 Å². The van der Waals surface area contributed by atoms with Crippen molar-refractivity contribution in [2.45, 2.75) is 18.9 Å². The molecule has 1 aliphatic rings. The van der Waals surface area contributed by atoms with E-state index in [0.29, 0.717) is 37.2 Å². The maximum absolute atomic E-state index is 12.4. The highest BCUT2D eigenvalue weighted by Crippen LogP contribution is 2.22. The molecule has 8 heteroatoms. The zero-order valence-electron chi connectivity index (χ0n) is 11.7. The predicted molar refractivity (Wildman–Crippen MR) is 85.5 cm³/mol. The topological polar surface area (TPSA) is 92.5 Å². The fraction of sp³-hybridized carbons (Fsp3) is 0.462. The second-order valence-corrected chi connectivity index (χ2v) is 7.83. The van der Waals surface area contributed by atoms with Crippen LogP contribution in [0.5, 0.6) is 0 Å². The first-order chi connectivity index (χ1) is 9.76. The summed E-state index contributed by atoms with van der Waals surface area (Å²) < 4.78 is 25.7. The number of amides is 1. The summed E-state index contributed by atoms with van der Waals surface area (Å²) in [6.07, 6.45) is 2.38. The van der Waals surface area contributed by atoms with Gasteiger partial charge in [-0.25, -0.2) is 13.1 Å². The Hall–Kier alpha value is -1.12. The van der Waals surface area contributed by atoms with Crippen LogP contribution in [0.25, 0.3) is 0 Å². The minimum atomic E-state index is -3.20. The number of hydrogen-bond acceptors (Lipinski definition) is 4. The van der Waals surface area contributed by atoms with E-state index in [1.807, 2.05) is 0 Å². The zero-order chi connectivity index (χ0) is 15.6. The number of halogens is 1. The normalized spacial score (nSPS) is 17.0. The van der Waals surface area contributed by atoms with Crippen LogP contribution < -0.4 is 10.5 Å². The maximum Gasteiger partial charge on any atom is 0.253 e. The number of nitrogens with one attached hydrogen (secondary N) is 1. The number of hydrogen-bond donors (Lipinski definition) is 2. The number of likely N-dealkylation sites (tertiary alicyclic amines) is 1. The number of nitrogen functional groups attached to an aromatic ring is 1. The van der Waals surface area contributed by atoms with Crippen molar-refractivity contribution in [3.63, 3.8) is 0 Å². The molecule has 0 aliphatic carbocycles. The molecule has 1 aromatic rings. The summed E-state index contributed by atoms with van der Waals surface area (Å²) in [5.74, 6) is -0.0768. The van der Waals surface area contributed by atoms with Gasteiger partial charge in [-0.2, -0.15) is 0 Å². The third kappa shape index (κ3) is 4.42. The minimum Gasteiger partial charge on any atom is -0.398 e. The molecule has 0 radical (unpaired) electrons. The summed E-state index contributed by atoms with van der Waals surface area (Å²) in [4.78, 5) is 14.1. The van der Waals surface area contributed by atoms with E-state index >= 15 is 0 Å². The molecule has 1 aliphatic heterocycles. The van der Waals surface area contributed by atoms with Crippen LogP contribution in [0, 0.1) is 0 Å². The van der Waals surface area contributed by atoms with Gasteiger partial charge in [0.15, 0.2) is 0 Å². The van der Waals surface area contributed by atoms with E-state index in [9.17, 15) is 13.2 Å². The summed E-state index contributed by atoms with van der Waals surface area (Å²) in [7, 11) is -3.20. The SMILES string of the molecule is CS(=O)(=O)NC1CCN(C(=O)c2ccc(Br)c(N)c2)CC1. The van der Waals surface area contributed by atoms with Crippen molar-refractivity contribution < 1.29 is 13.2 Å². The Bertz CT molecular complexity index is 640. The number of carbonyl (C=O) groups is 1. The number of rotatable bonds is 3. The van der Waals surface area contributed by atoms with Crippen molar-refractivity contribution in [2.24, 2.45) is 0 Å². The number of nitrogens with zero attached hydrogens (tertiary/aromatic N) is 1. The Morgan fingerprint density at radius 1 is 1.38 bits per heavy atom. The van der Waals surface area contributed by atoms with Gasteiger partial charge in [-0.3, -0.25) is 4.79 Å². The van der Waals surface area contributed by atoms with Crippen LogP contribution in [-0.2, 0) is 10.0 Å². The van der Waals surface area contributed by atoms with Crippen LogP contribution in [0.1, 0.15) is 23.2 Å². The van der Waals surface area contributed by atoms with Gasteiger partial charge in [-0.05, 0) is 47.0 Å². The third-order valence-electron chi connectivity index (χ3n) is 3.41. The molecule has 2 rings (SSSR count). The second kappa shape index (κ2) is 6.33. The molecule has 3 N–H and O–H groups in total. The summed E-state index contributed by atoms with van der Waals surface area (Å²) in [5, 5.41) is 0. The molecule has 1 fully saturated rings. The number of anilines is 1. The fourth-order valence-electron chi connectivity index (χ4n) is 2.36. The molecule has 116 valence electrons. The molecule has 0 unspecified atom stereocenters. The van der Waals surface area contributed by atoms with Crippen molar-refractivity contribution in [3.05, 3.63) is 28.2 Å². The molecule has 1 amide bonds. The molecule has 0 spiro atoms. The Balaban J connectivity index is 1.98. The largest absolute Gasteiger partial charge is 0.398 e. The second-order valence-electron chi connectivity index (χ2n) is 5.19. The van der Waals surface area contributed by atoms with E-state index in [4.69, 9.17) is 5.73 Å². The highest BCUT2D eigenvalue weighted by molar-refractivity contribution is 9.10. The van der Waals surface area contributed by atoms with Crippen LogP contribution in [-0.4, -0.2) is 44.6 Å². The van der Waals surface area contributed by atoms with E-state index < -0.39 is 10.0 Å². The van der Waals surface area contributed by atoms with Gasteiger partial charge in [0.1, 0.15) is 0 Å². The average molecular weight is 376 g/mol. The number of piperidine rings is 1. The van der Waals surface area contributed by atoms with Gasteiger partial charge < -0.3 is 10.6 Å². The number of carbonyl (C=O) groups excluding carboxylic acids is 1. The molecular formula is C13H18BrN3O3S. The molecule has 0 aromatic heterocycles. The van der Waals surface area contributed by atoms with Crippen molar-refractivity contribution in [1.82, 2.24) is 9.62 Å². The van der Waals surface area contributed by atoms with E-state index in [0.717, 1.165) is 10.7 Å². The zero-order valence-corrected chi connectivity index (χ0v) is 14.1. The van der Waals surface area contributed by atoms with Gasteiger partial charge in [0.25, 0.3) is 5.91 Å². The van der Waals surface area contributed by atoms with Gasteiger partial charge >= 0.3 is 0 Å². The quantitative estimate of drug-likeness (QED) is 0.775. The van der Waals surface area contributed by atoms with Crippen molar-refractivity contribution in [1.29, 1.82) is 0 Å². The van der Waals surface area contributed by atoms with Gasteiger partial charge in [0.05, 0.1) is 6.26 Å². The van der Waals surface area contributed by atoms with Gasteiger partial charge in [0, 0.05) is 34.9 Å². The Labute approximate surface area is 132 Å². The van der Waals surface area contributed by atoms with Gasteiger partial charge in [-0.1, -0.05) is 0 Å². The Morgan fingerprint density at radius 2 is 2.00 bits per heavy atom. The van der Waals surface area contributed by atoms with Gasteiger partial charge in [0.2, 0.25) is 10.0 Å². The summed E-state index contributed by atoms with van der Waals surface area (Å²) >= 11 is 3.30. The summed E-state index contributed by atoms with van der Waals surface area (Å²) in [6, 6.07) is 5.02. The summed E-state index contributed by atoms with van der Waals surface area (Å²) in [5.41, 5.74) is 6.85. The third-order valence-corrected chi connectivity index (χ3v) is 4.89. The lowest BCUT2D eigenvalue weighted by molar-refractivity contribution is 0.0711.